The molecule has 92 valence electrons. The van der Waals surface area contributed by atoms with Crippen LogP contribution in [0.15, 0.2) is 0 Å². The Morgan fingerprint density at radius 3 is 2.75 bits per heavy atom. The normalized spacial score (nSPS) is 30.6. The van der Waals surface area contributed by atoms with Crippen LogP contribution in [0, 0.1) is 5.92 Å². The summed E-state index contributed by atoms with van der Waals surface area (Å²) in [5, 5.41) is 9.63. The van der Waals surface area contributed by atoms with Crippen LogP contribution >= 0.6 is 0 Å². The molecule has 1 rings (SSSR count). The molecule has 0 aliphatic carbocycles. The van der Waals surface area contributed by atoms with Crippen molar-refractivity contribution < 1.29 is 24.2 Å². The molecule has 0 amide bonds. The smallest absolute Gasteiger partial charge is 0.308 e. The number of esters is 1. The molecule has 1 unspecified atom stereocenters. The number of hydrogen-bond donors (Lipinski definition) is 1. The molecule has 16 heavy (non-hydrogen) atoms. The van der Waals surface area contributed by atoms with Crippen molar-refractivity contribution in [1.82, 2.24) is 0 Å². The molecule has 0 spiro atoms. The molecule has 1 N–H and O–H groups in total. The van der Waals surface area contributed by atoms with Gasteiger partial charge >= 0.3 is 5.97 Å². The number of methoxy groups -OCH3 is 1. The van der Waals surface area contributed by atoms with Gasteiger partial charge in [-0.25, -0.2) is 0 Å². The van der Waals surface area contributed by atoms with Crippen molar-refractivity contribution >= 4 is 11.8 Å². The van der Waals surface area contributed by atoms with Crippen LogP contribution < -0.4 is 0 Å². The molecule has 0 saturated carbocycles. The molecular weight excluding hydrogens is 212 g/mol. The van der Waals surface area contributed by atoms with Crippen LogP contribution in [-0.2, 0) is 19.1 Å². The largest absolute Gasteiger partial charge is 0.469 e. The average molecular weight is 230 g/mol. The Balaban J connectivity index is 2.63. The number of aliphatic hydroxyl groups is 1. The van der Waals surface area contributed by atoms with E-state index >= 15 is 0 Å². The first kappa shape index (κ1) is 13.1. The van der Waals surface area contributed by atoms with E-state index in [0.29, 0.717) is 0 Å². The van der Waals surface area contributed by atoms with E-state index in [-0.39, 0.29) is 24.5 Å². The van der Waals surface area contributed by atoms with E-state index in [2.05, 4.69) is 4.74 Å². The summed E-state index contributed by atoms with van der Waals surface area (Å²) in [4.78, 5) is 22.6. The maximum Gasteiger partial charge on any atom is 0.308 e. The summed E-state index contributed by atoms with van der Waals surface area (Å²) in [6.07, 6.45) is -1.96. The predicted molar refractivity (Wildman–Crippen MR) is 55.8 cm³/mol. The van der Waals surface area contributed by atoms with E-state index in [1.54, 1.807) is 0 Å². The molecule has 0 aromatic carbocycles. The monoisotopic (exact) mass is 230 g/mol. The number of Topliss-reactive ketones (excluding diaryl/α,β-unsaturated/α-hetero) is 1. The number of rotatable bonds is 3. The van der Waals surface area contributed by atoms with Gasteiger partial charge < -0.3 is 14.6 Å². The number of aliphatic hydroxyl groups excluding tert-OH is 1. The molecule has 0 aromatic heterocycles. The van der Waals surface area contributed by atoms with Gasteiger partial charge in [-0.3, -0.25) is 9.59 Å². The molecule has 3 atom stereocenters. The van der Waals surface area contributed by atoms with Crippen LogP contribution in [0.5, 0.6) is 0 Å². The standard InChI is InChI=1S/C11H18O5/c1-6(2)11-10(14)8(12)4-7(16-11)5-9(13)15-3/h6-7,10-11,14H,4-5H2,1-3H3/t7-,10+,11?/m0/s1. The quantitative estimate of drug-likeness (QED) is 0.706. The topological polar surface area (TPSA) is 72.8 Å². The van der Waals surface area contributed by atoms with Gasteiger partial charge in [0.1, 0.15) is 6.10 Å². The second kappa shape index (κ2) is 5.41. The zero-order valence-corrected chi connectivity index (χ0v) is 9.80. The van der Waals surface area contributed by atoms with Crippen LogP contribution in [0.3, 0.4) is 0 Å². The Hall–Kier alpha value is -0.940. The van der Waals surface area contributed by atoms with Gasteiger partial charge in [0.25, 0.3) is 0 Å². The van der Waals surface area contributed by atoms with Crippen LogP contribution in [0.25, 0.3) is 0 Å². The van der Waals surface area contributed by atoms with Gasteiger partial charge in [0.05, 0.1) is 25.7 Å². The SMILES string of the molecule is COC(=O)C[C@@H]1CC(=O)[C@@H](O)C(C(C)C)O1. The van der Waals surface area contributed by atoms with E-state index in [1.807, 2.05) is 13.8 Å². The van der Waals surface area contributed by atoms with Crippen molar-refractivity contribution in [3.63, 3.8) is 0 Å². The minimum atomic E-state index is -1.08. The lowest BCUT2D eigenvalue weighted by Crippen LogP contribution is -2.48. The number of carbonyl (C=O) groups excluding carboxylic acids is 2. The van der Waals surface area contributed by atoms with E-state index in [1.165, 1.54) is 7.11 Å². The van der Waals surface area contributed by atoms with Crippen molar-refractivity contribution in [2.24, 2.45) is 5.92 Å². The molecule has 0 aromatic rings. The van der Waals surface area contributed by atoms with E-state index < -0.39 is 24.3 Å². The molecule has 1 saturated heterocycles. The van der Waals surface area contributed by atoms with Gasteiger partial charge in [-0.1, -0.05) is 13.8 Å². The van der Waals surface area contributed by atoms with Crippen molar-refractivity contribution in [1.29, 1.82) is 0 Å². The van der Waals surface area contributed by atoms with E-state index in [9.17, 15) is 14.7 Å². The maximum atomic E-state index is 11.5. The Bertz CT molecular complexity index is 272. The van der Waals surface area contributed by atoms with E-state index in [4.69, 9.17) is 4.74 Å². The summed E-state index contributed by atoms with van der Waals surface area (Å²) < 4.78 is 10.0. The van der Waals surface area contributed by atoms with Gasteiger partial charge in [0.2, 0.25) is 0 Å². The number of carbonyl (C=O) groups is 2. The Kier molecular flexibility index (Phi) is 4.44. The van der Waals surface area contributed by atoms with Crippen LogP contribution in [0.2, 0.25) is 0 Å². The summed E-state index contributed by atoms with van der Waals surface area (Å²) >= 11 is 0. The molecule has 5 heteroatoms. The lowest BCUT2D eigenvalue weighted by molar-refractivity contribution is -0.169. The number of ether oxygens (including phenoxy) is 2. The summed E-state index contributed by atoms with van der Waals surface area (Å²) in [6.45, 7) is 3.73. The molecule has 0 bridgehead atoms. The van der Waals surface area contributed by atoms with Crippen LogP contribution in [0.1, 0.15) is 26.7 Å². The molecule has 0 radical (unpaired) electrons. The highest BCUT2D eigenvalue weighted by atomic mass is 16.5. The van der Waals surface area contributed by atoms with Gasteiger partial charge in [-0.05, 0) is 5.92 Å². The van der Waals surface area contributed by atoms with Crippen LogP contribution in [0.4, 0.5) is 0 Å². The summed E-state index contributed by atoms with van der Waals surface area (Å²) in [7, 11) is 1.29. The molecule has 1 fully saturated rings. The fraction of sp³-hybridized carbons (Fsp3) is 0.818. The van der Waals surface area contributed by atoms with Gasteiger partial charge in [0.15, 0.2) is 5.78 Å². The second-order valence-corrected chi connectivity index (χ2v) is 4.36. The predicted octanol–water partition coefficient (Wildman–Crippen LogP) is 0.293. The third kappa shape index (κ3) is 3.02. The lowest BCUT2D eigenvalue weighted by atomic mass is 9.91. The summed E-state index contributed by atoms with van der Waals surface area (Å²) in [5.74, 6) is -0.644. The first-order chi connectivity index (χ1) is 7.45. The Labute approximate surface area is 94.7 Å². The maximum absolute atomic E-state index is 11.5. The number of hydrogen-bond acceptors (Lipinski definition) is 5. The third-order valence-electron chi connectivity index (χ3n) is 2.70. The first-order valence-electron chi connectivity index (χ1n) is 5.38. The zero-order chi connectivity index (χ0) is 12.3. The minimum absolute atomic E-state index is 0.0272. The number of ketones is 1. The lowest BCUT2D eigenvalue weighted by Gasteiger charge is -2.34. The van der Waals surface area contributed by atoms with Gasteiger partial charge in [-0.2, -0.15) is 0 Å². The molecule has 1 aliphatic heterocycles. The van der Waals surface area contributed by atoms with Crippen molar-refractivity contribution in [3.05, 3.63) is 0 Å². The zero-order valence-electron chi connectivity index (χ0n) is 9.80. The molecule has 1 heterocycles. The second-order valence-electron chi connectivity index (χ2n) is 4.36. The van der Waals surface area contributed by atoms with Crippen molar-refractivity contribution in [2.45, 2.75) is 45.0 Å². The summed E-state index contributed by atoms with van der Waals surface area (Å²) in [6, 6.07) is 0. The minimum Gasteiger partial charge on any atom is -0.469 e. The van der Waals surface area contributed by atoms with E-state index in [0.717, 1.165) is 0 Å². The summed E-state index contributed by atoms with van der Waals surface area (Å²) in [5.41, 5.74) is 0. The highest BCUT2D eigenvalue weighted by Gasteiger charge is 2.38. The Morgan fingerprint density at radius 1 is 1.62 bits per heavy atom. The van der Waals surface area contributed by atoms with Gasteiger partial charge in [-0.15, -0.1) is 0 Å². The highest BCUT2D eigenvalue weighted by Crippen LogP contribution is 2.24. The molecular formula is C11H18O5. The first-order valence-corrected chi connectivity index (χ1v) is 5.38. The molecule has 5 nitrogen and oxygen atoms in total. The van der Waals surface area contributed by atoms with Crippen molar-refractivity contribution in [2.75, 3.05) is 7.11 Å². The third-order valence-corrected chi connectivity index (χ3v) is 2.70. The molecule has 1 aliphatic rings. The fourth-order valence-corrected chi connectivity index (χ4v) is 1.78. The fourth-order valence-electron chi connectivity index (χ4n) is 1.78. The average Bonchev–Trinajstić information content (AvgIpc) is 2.22. The van der Waals surface area contributed by atoms with Crippen LogP contribution in [-0.4, -0.2) is 42.3 Å². The van der Waals surface area contributed by atoms with Crippen molar-refractivity contribution in [3.8, 4) is 0 Å². The Morgan fingerprint density at radius 2 is 2.25 bits per heavy atom. The highest BCUT2D eigenvalue weighted by molar-refractivity contribution is 5.85. The van der Waals surface area contributed by atoms with Gasteiger partial charge in [0, 0.05) is 6.42 Å².